The van der Waals surface area contributed by atoms with Crippen molar-refractivity contribution in [3.63, 3.8) is 0 Å². The van der Waals surface area contributed by atoms with Crippen LogP contribution in [0.15, 0.2) is 35.3 Å². The molecule has 0 radical (unpaired) electrons. The first kappa shape index (κ1) is 12.3. The summed E-state index contributed by atoms with van der Waals surface area (Å²) in [5.41, 5.74) is 1.98. The molecule has 0 unspecified atom stereocenters. The Morgan fingerprint density at radius 2 is 2.29 bits per heavy atom. The molecule has 5 heteroatoms. The van der Waals surface area contributed by atoms with Crippen molar-refractivity contribution in [1.29, 1.82) is 0 Å². The van der Waals surface area contributed by atoms with E-state index in [1.807, 2.05) is 24.1 Å². The minimum Gasteiger partial charge on any atom is -0.472 e. The van der Waals surface area contributed by atoms with E-state index in [4.69, 9.17) is 27.6 Å². The van der Waals surface area contributed by atoms with Crippen LogP contribution in [0.3, 0.4) is 0 Å². The molecule has 90 valence electrons. The summed E-state index contributed by atoms with van der Waals surface area (Å²) < 4.78 is 5.03. The van der Waals surface area contributed by atoms with Crippen molar-refractivity contribution >= 4 is 29.0 Å². The van der Waals surface area contributed by atoms with Crippen molar-refractivity contribution in [2.24, 2.45) is 0 Å². The van der Waals surface area contributed by atoms with E-state index < -0.39 is 0 Å². The second-order valence-corrected chi connectivity index (χ2v) is 4.43. The average Bonchev–Trinajstić information content (AvgIpc) is 2.82. The number of alkyl halides is 1. The van der Waals surface area contributed by atoms with Crippen LogP contribution in [0.2, 0.25) is 5.02 Å². The fraction of sp³-hybridized carbons (Fsp3) is 0.250. The third-order valence-electron chi connectivity index (χ3n) is 2.46. The van der Waals surface area contributed by atoms with Gasteiger partial charge in [0.25, 0.3) is 0 Å². The molecule has 0 aromatic carbocycles. The van der Waals surface area contributed by atoms with Gasteiger partial charge in [-0.3, -0.25) is 0 Å². The van der Waals surface area contributed by atoms with Crippen LogP contribution in [0.5, 0.6) is 0 Å². The Labute approximate surface area is 110 Å². The molecule has 0 bridgehead atoms. The van der Waals surface area contributed by atoms with Crippen LogP contribution in [0.25, 0.3) is 0 Å². The van der Waals surface area contributed by atoms with E-state index >= 15 is 0 Å². The highest BCUT2D eigenvalue weighted by Gasteiger charge is 2.07. The first-order chi connectivity index (χ1) is 8.20. The van der Waals surface area contributed by atoms with E-state index in [2.05, 4.69) is 4.98 Å². The van der Waals surface area contributed by atoms with E-state index in [9.17, 15) is 0 Å². The zero-order chi connectivity index (χ0) is 12.3. The Bertz CT molecular complexity index is 485. The molecule has 0 saturated heterocycles. The Kier molecular flexibility index (Phi) is 3.92. The van der Waals surface area contributed by atoms with Gasteiger partial charge in [0.1, 0.15) is 5.82 Å². The Morgan fingerprint density at radius 1 is 1.47 bits per heavy atom. The number of anilines is 1. The first-order valence-corrected chi connectivity index (χ1v) is 6.04. The third kappa shape index (κ3) is 2.93. The molecule has 0 aliphatic rings. The molecule has 0 atom stereocenters. The van der Waals surface area contributed by atoms with Crippen molar-refractivity contribution in [3.8, 4) is 0 Å². The maximum atomic E-state index is 5.96. The van der Waals surface area contributed by atoms with Gasteiger partial charge in [-0.1, -0.05) is 11.6 Å². The molecular weight excluding hydrogens is 259 g/mol. The minimum absolute atomic E-state index is 0.383. The van der Waals surface area contributed by atoms with Crippen LogP contribution in [-0.2, 0) is 12.4 Å². The van der Waals surface area contributed by atoms with Gasteiger partial charge in [0, 0.05) is 31.2 Å². The lowest BCUT2D eigenvalue weighted by Gasteiger charge is -2.18. The predicted molar refractivity (Wildman–Crippen MR) is 69.6 cm³/mol. The van der Waals surface area contributed by atoms with Crippen molar-refractivity contribution in [1.82, 2.24) is 4.98 Å². The van der Waals surface area contributed by atoms with Gasteiger partial charge in [-0.2, -0.15) is 0 Å². The molecule has 0 spiro atoms. The van der Waals surface area contributed by atoms with Crippen LogP contribution in [0.1, 0.15) is 11.1 Å². The maximum absolute atomic E-state index is 5.96. The van der Waals surface area contributed by atoms with Crippen molar-refractivity contribution < 1.29 is 4.42 Å². The zero-order valence-corrected chi connectivity index (χ0v) is 10.9. The molecule has 2 rings (SSSR count). The monoisotopic (exact) mass is 270 g/mol. The highest BCUT2D eigenvalue weighted by molar-refractivity contribution is 6.32. The van der Waals surface area contributed by atoms with Gasteiger partial charge in [0.15, 0.2) is 0 Å². The smallest absolute Gasteiger partial charge is 0.128 e. The fourth-order valence-corrected chi connectivity index (χ4v) is 1.98. The lowest BCUT2D eigenvalue weighted by molar-refractivity contribution is 0.563. The average molecular weight is 271 g/mol. The van der Waals surface area contributed by atoms with E-state index in [0.717, 1.165) is 23.5 Å². The van der Waals surface area contributed by atoms with Gasteiger partial charge in [0.05, 0.1) is 17.5 Å². The molecule has 0 aliphatic heterocycles. The normalized spacial score (nSPS) is 10.5. The van der Waals surface area contributed by atoms with E-state index in [0.29, 0.717) is 10.9 Å². The van der Waals surface area contributed by atoms with E-state index in [1.54, 1.807) is 18.7 Å². The van der Waals surface area contributed by atoms with Gasteiger partial charge in [-0.25, -0.2) is 4.98 Å². The summed E-state index contributed by atoms with van der Waals surface area (Å²) in [6.45, 7) is 0.729. The van der Waals surface area contributed by atoms with Crippen molar-refractivity contribution in [3.05, 3.63) is 47.0 Å². The summed E-state index contributed by atoms with van der Waals surface area (Å²) in [6.07, 6.45) is 5.00. The summed E-state index contributed by atoms with van der Waals surface area (Å²) >= 11 is 11.8. The SMILES string of the molecule is CN(Cc1ccoc1)c1cc(CCl)c(Cl)cn1. The van der Waals surface area contributed by atoms with Gasteiger partial charge >= 0.3 is 0 Å². The molecule has 17 heavy (non-hydrogen) atoms. The van der Waals surface area contributed by atoms with E-state index in [1.165, 1.54) is 0 Å². The lowest BCUT2D eigenvalue weighted by Crippen LogP contribution is -2.17. The van der Waals surface area contributed by atoms with Crippen LogP contribution >= 0.6 is 23.2 Å². The summed E-state index contributed by atoms with van der Waals surface area (Å²) in [4.78, 5) is 6.28. The highest BCUT2D eigenvalue weighted by atomic mass is 35.5. The third-order valence-corrected chi connectivity index (χ3v) is 3.08. The summed E-state index contributed by atoms with van der Waals surface area (Å²) in [7, 11) is 1.96. The van der Waals surface area contributed by atoms with Crippen molar-refractivity contribution in [2.75, 3.05) is 11.9 Å². The molecule has 0 amide bonds. The molecule has 2 heterocycles. The molecule has 0 N–H and O–H groups in total. The molecule has 2 aromatic rings. The van der Waals surface area contributed by atoms with Gasteiger partial charge in [0.2, 0.25) is 0 Å². The Morgan fingerprint density at radius 3 is 2.94 bits per heavy atom. The van der Waals surface area contributed by atoms with E-state index in [-0.39, 0.29) is 0 Å². The number of nitrogens with zero attached hydrogens (tertiary/aromatic N) is 2. The van der Waals surface area contributed by atoms with Crippen LogP contribution in [0, 0.1) is 0 Å². The minimum atomic E-state index is 0.383. The number of aromatic nitrogens is 1. The molecule has 2 aromatic heterocycles. The van der Waals surface area contributed by atoms with Crippen LogP contribution in [0.4, 0.5) is 5.82 Å². The fourth-order valence-electron chi connectivity index (χ4n) is 1.52. The lowest BCUT2D eigenvalue weighted by atomic mass is 10.2. The predicted octanol–water partition coefficient (Wildman–Crippen LogP) is 3.70. The van der Waals surface area contributed by atoms with Gasteiger partial charge in [-0.05, 0) is 17.7 Å². The van der Waals surface area contributed by atoms with Crippen molar-refractivity contribution in [2.45, 2.75) is 12.4 Å². The number of furan rings is 1. The molecule has 0 saturated carbocycles. The summed E-state index contributed by atoms with van der Waals surface area (Å²) in [5, 5.41) is 0.598. The number of rotatable bonds is 4. The molecule has 0 fully saturated rings. The zero-order valence-electron chi connectivity index (χ0n) is 9.36. The standard InChI is InChI=1S/C12H12Cl2N2O/c1-16(7-9-2-3-17-8-9)12-4-10(5-13)11(14)6-15-12/h2-4,6,8H,5,7H2,1H3. The van der Waals surface area contributed by atoms with Gasteiger partial charge in [-0.15, -0.1) is 11.6 Å². The summed E-state index contributed by atoms with van der Waals surface area (Å²) in [5.74, 6) is 1.22. The quantitative estimate of drug-likeness (QED) is 0.794. The largest absolute Gasteiger partial charge is 0.472 e. The number of pyridine rings is 1. The highest BCUT2D eigenvalue weighted by Crippen LogP contribution is 2.22. The van der Waals surface area contributed by atoms with Gasteiger partial charge < -0.3 is 9.32 Å². The summed E-state index contributed by atoms with van der Waals surface area (Å²) in [6, 6.07) is 3.82. The van der Waals surface area contributed by atoms with Crippen LogP contribution in [-0.4, -0.2) is 12.0 Å². The Hall–Kier alpha value is -1.19. The van der Waals surface area contributed by atoms with Crippen LogP contribution < -0.4 is 4.90 Å². The molecule has 3 nitrogen and oxygen atoms in total. The molecular formula is C12H12Cl2N2O. The number of hydrogen-bond donors (Lipinski definition) is 0. The second-order valence-electron chi connectivity index (χ2n) is 3.76. The second kappa shape index (κ2) is 5.43. The molecule has 0 aliphatic carbocycles. The first-order valence-electron chi connectivity index (χ1n) is 5.13. The Balaban J connectivity index is 2.16. The topological polar surface area (TPSA) is 29.3 Å². The number of halogens is 2. The number of hydrogen-bond acceptors (Lipinski definition) is 3. The maximum Gasteiger partial charge on any atom is 0.128 e.